The first-order valence-electron chi connectivity index (χ1n) is 8.73. The minimum absolute atomic E-state index is 0. The van der Waals surface area contributed by atoms with Gasteiger partial charge < -0.3 is 19.2 Å². The van der Waals surface area contributed by atoms with Crippen LogP contribution in [0.3, 0.4) is 0 Å². The second kappa shape index (κ2) is 7.66. The molecule has 0 saturated carbocycles. The molecule has 1 aliphatic rings. The van der Waals surface area contributed by atoms with Gasteiger partial charge in [0.25, 0.3) is 0 Å². The number of phenols is 1. The summed E-state index contributed by atoms with van der Waals surface area (Å²) in [6, 6.07) is 9.67. The van der Waals surface area contributed by atoms with Crippen LogP contribution in [0.4, 0.5) is 0 Å². The largest absolute Gasteiger partial charge is 0.507 e. The van der Waals surface area contributed by atoms with E-state index in [9.17, 15) is 14.7 Å². The number of nitrogens with zero attached hydrogens (tertiary/aromatic N) is 1. The van der Waals surface area contributed by atoms with Crippen LogP contribution in [-0.4, -0.2) is 48.8 Å². The Bertz CT molecular complexity index is 1070. The predicted octanol–water partition coefficient (Wildman–Crippen LogP) is 3.67. The van der Waals surface area contributed by atoms with E-state index >= 15 is 0 Å². The molecule has 1 aromatic heterocycles. The fourth-order valence-electron chi connectivity index (χ4n) is 3.35. The Morgan fingerprint density at radius 3 is 2.43 bits per heavy atom. The van der Waals surface area contributed by atoms with Gasteiger partial charge in [0.2, 0.25) is 5.78 Å². The lowest BCUT2D eigenvalue weighted by Crippen LogP contribution is -2.19. The van der Waals surface area contributed by atoms with Crippen molar-refractivity contribution in [1.82, 2.24) is 4.90 Å². The predicted molar refractivity (Wildman–Crippen MR) is 107 cm³/mol. The van der Waals surface area contributed by atoms with E-state index in [1.54, 1.807) is 30.3 Å². The van der Waals surface area contributed by atoms with Gasteiger partial charge in [-0.1, -0.05) is 24.3 Å². The summed E-state index contributed by atoms with van der Waals surface area (Å²) in [4.78, 5) is 27.7. The van der Waals surface area contributed by atoms with Crippen LogP contribution in [0.2, 0.25) is 0 Å². The van der Waals surface area contributed by atoms with Crippen molar-refractivity contribution in [2.24, 2.45) is 0 Å². The number of carbonyl (C=O) groups is 2. The molecule has 0 aliphatic heterocycles. The number of furan rings is 1. The highest BCUT2D eigenvalue weighted by molar-refractivity contribution is 6.31. The van der Waals surface area contributed by atoms with Crippen molar-refractivity contribution in [3.8, 4) is 11.5 Å². The number of hydrogen-bond acceptors (Lipinski definition) is 6. The first-order chi connectivity index (χ1) is 13.0. The molecular weight excluding hydrogens is 382 g/mol. The highest BCUT2D eigenvalue weighted by atomic mass is 35.5. The molecule has 4 rings (SSSR count). The fraction of sp³-hybridized carbons (Fsp3) is 0.238. The fourth-order valence-corrected chi connectivity index (χ4v) is 3.35. The summed E-state index contributed by atoms with van der Waals surface area (Å²) >= 11 is 0. The Kier molecular flexibility index (Phi) is 5.45. The third-order valence-corrected chi connectivity index (χ3v) is 4.61. The molecule has 0 unspecified atom stereocenters. The van der Waals surface area contributed by atoms with Gasteiger partial charge in [-0.15, -0.1) is 12.4 Å². The molecule has 1 aliphatic carbocycles. The topological polar surface area (TPSA) is 80.0 Å². The third kappa shape index (κ3) is 3.25. The average molecular weight is 402 g/mol. The number of benzene rings is 2. The molecule has 7 heteroatoms. The molecule has 0 atom stereocenters. The first-order valence-corrected chi connectivity index (χ1v) is 8.73. The quantitative estimate of drug-likeness (QED) is 0.514. The van der Waals surface area contributed by atoms with E-state index in [2.05, 4.69) is 4.90 Å². The Balaban J connectivity index is 0.00000225. The summed E-state index contributed by atoms with van der Waals surface area (Å²) < 4.78 is 11.4. The lowest BCUT2D eigenvalue weighted by atomic mass is 9.87. The van der Waals surface area contributed by atoms with Crippen LogP contribution in [0.1, 0.15) is 38.5 Å². The second-order valence-electron chi connectivity index (χ2n) is 6.83. The van der Waals surface area contributed by atoms with Crippen molar-refractivity contribution in [2.75, 3.05) is 27.2 Å². The smallest absolute Gasteiger partial charge is 0.229 e. The molecule has 0 saturated heterocycles. The lowest BCUT2D eigenvalue weighted by molar-refractivity contribution is 0.0962. The first kappa shape index (κ1) is 19.9. The number of ketones is 2. The molecule has 28 heavy (non-hydrogen) atoms. The maximum atomic E-state index is 12.9. The minimum atomic E-state index is -0.357. The summed E-state index contributed by atoms with van der Waals surface area (Å²) in [5.41, 5.74) is 1.01. The number of ether oxygens (including phenoxy) is 1. The summed E-state index contributed by atoms with van der Waals surface area (Å²) in [6.45, 7) is 1.36. The zero-order chi connectivity index (χ0) is 19.1. The third-order valence-electron chi connectivity index (χ3n) is 4.61. The highest BCUT2D eigenvalue weighted by Gasteiger charge is 2.36. The number of carbonyl (C=O) groups excluding carboxylic acids is 2. The van der Waals surface area contributed by atoms with Crippen LogP contribution < -0.4 is 4.74 Å². The van der Waals surface area contributed by atoms with E-state index in [4.69, 9.17) is 9.15 Å². The minimum Gasteiger partial charge on any atom is -0.507 e. The molecular formula is C21H20ClNO5. The molecule has 1 N–H and O–H groups in total. The van der Waals surface area contributed by atoms with Gasteiger partial charge in [-0.2, -0.15) is 0 Å². The maximum absolute atomic E-state index is 12.9. The van der Waals surface area contributed by atoms with Crippen LogP contribution in [-0.2, 0) is 0 Å². The summed E-state index contributed by atoms with van der Waals surface area (Å²) in [5.74, 6) is -0.421. The normalized spacial score (nSPS) is 12.7. The molecule has 3 aromatic rings. The van der Waals surface area contributed by atoms with Gasteiger partial charge in [-0.05, 0) is 20.5 Å². The van der Waals surface area contributed by atoms with Gasteiger partial charge in [-0.25, -0.2) is 0 Å². The highest BCUT2D eigenvalue weighted by Crippen LogP contribution is 2.40. The van der Waals surface area contributed by atoms with Crippen LogP contribution in [0.25, 0.3) is 11.0 Å². The zero-order valence-corrected chi connectivity index (χ0v) is 16.3. The van der Waals surface area contributed by atoms with E-state index < -0.39 is 0 Å². The zero-order valence-electron chi connectivity index (χ0n) is 15.5. The Hall–Kier alpha value is -2.83. The van der Waals surface area contributed by atoms with Crippen molar-refractivity contribution in [1.29, 1.82) is 0 Å². The molecule has 0 amide bonds. The van der Waals surface area contributed by atoms with E-state index in [1.165, 1.54) is 6.07 Å². The Morgan fingerprint density at radius 1 is 1.07 bits per heavy atom. The van der Waals surface area contributed by atoms with Gasteiger partial charge >= 0.3 is 0 Å². The second-order valence-corrected chi connectivity index (χ2v) is 6.83. The van der Waals surface area contributed by atoms with E-state index in [0.29, 0.717) is 23.5 Å². The number of fused-ring (bicyclic) bond motifs is 4. The van der Waals surface area contributed by atoms with Crippen LogP contribution in [0.5, 0.6) is 11.5 Å². The van der Waals surface area contributed by atoms with Crippen molar-refractivity contribution in [2.45, 2.75) is 6.42 Å². The number of hydrogen-bond donors (Lipinski definition) is 1. The molecule has 146 valence electrons. The van der Waals surface area contributed by atoms with Crippen molar-refractivity contribution >= 4 is 34.9 Å². The van der Waals surface area contributed by atoms with Crippen molar-refractivity contribution in [3.63, 3.8) is 0 Å². The monoisotopic (exact) mass is 401 g/mol. The van der Waals surface area contributed by atoms with Gasteiger partial charge in [-0.3, -0.25) is 9.59 Å². The molecule has 0 fully saturated rings. The van der Waals surface area contributed by atoms with Crippen LogP contribution in [0, 0.1) is 0 Å². The van der Waals surface area contributed by atoms with E-state index in [-0.39, 0.29) is 52.0 Å². The summed E-state index contributed by atoms with van der Waals surface area (Å²) in [7, 11) is 3.97. The molecule has 0 bridgehead atoms. The summed E-state index contributed by atoms with van der Waals surface area (Å²) in [5, 5.41) is 10.7. The van der Waals surface area contributed by atoms with Gasteiger partial charge in [0, 0.05) is 29.8 Å². The van der Waals surface area contributed by atoms with E-state index in [0.717, 1.165) is 13.0 Å². The standard InChI is InChI=1S/C21H19NO5.ClH/c1-22(2)8-5-9-26-12-10-15(23)17-16(11-12)27-21-18(17)19(24)13-6-3-4-7-14(13)20(21)25;/h3-4,6-7,10-11,23H,5,8-9H2,1-2H3;1H. The molecule has 0 radical (unpaired) electrons. The Labute approximate surface area is 168 Å². The van der Waals surface area contributed by atoms with E-state index in [1.807, 2.05) is 14.1 Å². The molecule has 2 aromatic carbocycles. The van der Waals surface area contributed by atoms with Crippen molar-refractivity contribution in [3.05, 3.63) is 58.8 Å². The number of phenolic OH excluding ortho intramolecular Hbond substituents is 1. The number of rotatable bonds is 5. The average Bonchev–Trinajstić information content (AvgIpc) is 3.04. The number of halogens is 1. The Morgan fingerprint density at radius 2 is 1.75 bits per heavy atom. The van der Waals surface area contributed by atoms with Crippen molar-refractivity contribution < 1.29 is 23.8 Å². The lowest BCUT2D eigenvalue weighted by Gasteiger charge is -2.13. The molecule has 6 nitrogen and oxygen atoms in total. The van der Waals surface area contributed by atoms with Crippen LogP contribution in [0.15, 0.2) is 40.8 Å². The number of aromatic hydroxyl groups is 1. The molecule has 1 heterocycles. The summed E-state index contributed by atoms with van der Waals surface area (Å²) in [6.07, 6.45) is 0.826. The van der Waals surface area contributed by atoms with Gasteiger partial charge in [0.05, 0.1) is 17.6 Å². The molecule has 0 spiro atoms. The SMILES string of the molecule is CN(C)CCCOc1cc(O)c2c3c(oc2c1)C(=O)c1ccccc1C3=O.Cl. The van der Waals surface area contributed by atoms with Crippen LogP contribution >= 0.6 is 12.4 Å². The van der Waals surface area contributed by atoms with Gasteiger partial charge in [0.15, 0.2) is 11.5 Å². The maximum Gasteiger partial charge on any atom is 0.229 e. The van der Waals surface area contributed by atoms with Gasteiger partial charge in [0.1, 0.15) is 17.1 Å².